The van der Waals surface area contributed by atoms with Crippen LogP contribution < -0.4 is 4.90 Å². The van der Waals surface area contributed by atoms with Crippen molar-refractivity contribution in [1.29, 1.82) is 0 Å². The van der Waals surface area contributed by atoms with E-state index in [1.807, 2.05) is 0 Å². The van der Waals surface area contributed by atoms with Crippen LogP contribution in [0.2, 0.25) is 0 Å². The number of hydrogen-bond acceptors (Lipinski definition) is 1. The number of aromatic nitrogens is 1. The molecule has 0 radical (unpaired) electrons. The summed E-state index contributed by atoms with van der Waals surface area (Å²) in [5, 5.41) is 4.91. The van der Waals surface area contributed by atoms with Crippen LogP contribution in [0.1, 0.15) is 25.0 Å². The molecule has 1 heterocycles. The molecule has 0 fully saturated rings. The van der Waals surface area contributed by atoms with E-state index < -0.39 is 0 Å². The Labute approximate surface area is 376 Å². The van der Waals surface area contributed by atoms with E-state index >= 15 is 0 Å². The molecule has 0 amide bonds. The Morgan fingerprint density at radius 2 is 1.06 bits per heavy atom. The van der Waals surface area contributed by atoms with Crippen LogP contribution in [0.4, 0.5) is 17.1 Å². The second-order valence-corrected chi connectivity index (χ2v) is 17.4. The first kappa shape index (κ1) is 38.9. The standard InChI is InChI=1S/C62H48N2/c1-43-16-6-4-9-20-48-32-38-54(42-58(48)62(43,2)3)63(59-27-15-21-47-19-10-11-24-55(47)59)52-34-30-46(31-35-52)49-22-14-23-50(40-49)51-33-39-61-57(41-51)56-25-12-13-26-60(56)64(61)53-36-28-45(29-37-53)44-17-7-5-8-18-44/h4-19,21-42H,1,20H2,2-3H3/b9-4-,16-6-. The van der Waals surface area contributed by atoms with Gasteiger partial charge in [0.05, 0.1) is 16.7 Å². The van der Waals surface area contributed by atoms with E-state index in [1.54, 1.807) is 0 Å². The average Bonchev–Trinajstić information content (AvgIpc) is 3.70. The quantitative estimate of drug-likeness (QED) is 0.155. The molecule has 1 aliphatic carbocycles. The molecule has 64 heavy (non-hydrogen) atoms. The van der Waals surface area contributed by atoms with Gasteiger partial charge in [0.15, 0.2) is 0 Å². The molecule has 9 aromatic carbocycles. The Balaban J connectivity index is 0.960. The zero-order chi connectivity index (χ0) is 43.2. The summed E-state index contributed by atoms with van der Waals surface area (Å²) in [5.41, 5.74) is 17.6. The molecule has 1 aliphatic rings. The van der Waals surface area contributed by atoms with Crippen molar-refractivity contribution in [3.63, 3.8) is 0 Å². The van der Waals surface area contributed by atoms with Crippen LogP contribution in [0.3, 0.4) is 0 Å². The number of para-hydroxylation sites is 1. The Bertz CT molecular complexity index is 3430. The van der Waals surface area contributed by atoms with Crippen molar-refractivity contribution in [2.75, 3.05) is 4.90 Å². The lowest BCUT2D eigenvalue weighted by Crippen LogP contribution is -2.22. The normalized spacial score (nSPS) is 14.4. The molecule has 0 atom stereocenters. The summed E-state index contributed by atoms with van der Waals surface area (Å²) in [6.07, 6.45) is 9.51. The summed E-state index contributed by atoms with van der Waals surface area (Å²) < 4.78 is 2.39. The third-order valence-corrected chi connectivity index (χ3v) is 13.3. The minimum absolute atomic E-state index is 0.246. The number of rotatable bonds is 7. The zero-order valence-corrected chi connectivity index (χ0v) is 36.2. The van der Waals surface area contributed by atoms with Gasteiger partial charge < -0.3 is 9.47 Å². The lowest BCUT2D eigenvalue weighted by atomic mass is 9.75. The first-order valence-electron chi connectivity index (χ1n) is 22.2. The van der Waals surface area contributed by atoms with E-state index in [4.69, 9.17) is 0 Å². The molecular formula is C62H48N2. The zero-order valence-electron chi connectivity index (χ0n) is 36.2. The van der Waals surface area contributed by atoms with Gasteiger partial charge in [0.25, 0.3) is 0 Å². The minimum Gasteiger partial charge on any atom is -0.310 e. The maximum atomic E-state index is 4.52. The van der Waals surface area contributed by atoms with Crippen LogP contribution in [-0.4, -0.2) is 4.57 Å². The number of anilines is 3. The fourth-order valence-corrected chi connectivity index (χ4v) is 9.67. The maximum absolute atomic E-state index is 4.52. The molecule has 1 aromatic heterocycles. The van der Waals surface area contributed by atoms with E-state index in [2.05, 4.69) is 260 Å². The Morgan fingerprint density at radius 1 is 0.469 bits per heavy atom. The van der Waals surface area contributed by atoms with Crippen molar-refractivity contribution >= 4 is 49.6 Å². The highest BCUT2D eigenvalue weighted by molar-refractivity contribution is 6.10. The molecule has 11 rings (SSSR count). The predicted octanol–water partition coefficient (Wildman–Crippen LogP) is 16.9. The maximum Gasteiger partial charge on any atom is 0.0541 e. The van der Waals surface area contributed by atoms with Crippen LogP contribution in [0.5, 0.6) is 0 Å². The van der Waals surface area contributed by atoms with Gasteiger partial charge >= 0.3 is 0 Å². The monoisotopic (exact) mass is 820 g/mol. The lowest BCUT2D eigenvalue weighted by Gasteiger charge is -2.32. The molecule has 0 unspecified atom stereocenters. The van der Waals surface area contributed by atoms with Gasteiger partial charge in [-0.05, 0) is 129 Å². The van der Waals surface area contributed by atoms with Crippen molar-refractivity contribution < 1.29 is 0 Å². The largest absolute Gasteiger partial charge is 0.310 e. The number of hydrogen-bond donors (Lipinski definition) is 0. The van der Waals surface area contributed by atoms with Gasteiger partial charge in [-0.1, -0.05) is 184 Å². The van der Waals surface area contributed by atoms with Gasteiger partial charge in [-0.3, -0.25) is 0 Å². The highest BCUT2D eigenvalue weighted by Crippen LogP contribution is 2.44. The van der Waals surface area contributed by atoms with Crippen molar-refractivity contribution in [2.24, 2.45) is 0 Å². The number of nitrogens with zero attached hydrogens (tertiary/aromatic N) is 2. The summed E-state index contributed by atoms with van der Waals surface area (Å²) >= 11 is 0. The van der Waals surface area contributed by atoms with Crippen molar-refractivity contribution in [1.82, 2.24) is 4.57 Å². The van der Waals surface area contributed by atoms with Gasteiger partial charge in [-0.15, -0.1) is 0 Å². The second kappa shape index (κ2) is 16.1. The van der Waals surface area contributed by atoms with Crippen molar-refractivity contribution in [2.45, 2.75) is 25.7 Å². The summed E-state index contributed by atoms with van der Waals surface area (Å²) in [6.45, 7) is 9.10. The van der Waals surface area contributed by atoms with Crippen LogP contribution in [0.25, 0.3) is 71.6 Å². The molecule has 0 N–H and O–H groups in total. The van der Waals surface area contributed by atoms with Gasteiger partial charge in [-0.25, -0.2) is 0 Å². The van der Waals surface area contributed by atoms with Crippen LogP contribution in [0, 0.1) is 0 Å². The van der Waals surface area contributed by atoms with E-state index in [1.165, 1.54) is 77.1 Å². The molecule has 2 heteroatoms. The highest BCUT2D eigenvalue weighted by Gasteiger charge is 2.28. The number of benzene rings is 9. The van der Waals surface area contributed by atoms with E-state index in [0.717, 1.165) is 34.7 Å². The van der Waals surface area contributed by atoms with Gasteiger partial charge in [-0.2, -0.15) is 0 Å². The molecule has 0 saturated carbocycles. The second-order valence-electron chi connectivity index (χ2n) is 17.4. The minimum atomic E-state index is -0.246. The fourth-order valence-electron chi connectivity index (χ4n) is 9.67. The molecule has 0 aliphatic heterocycles. The SMILES string of the molecule is C=C1/C=C\C=C/Cc2ccc(N(c3ccc(-c4cccc(-c5ccc6c(c5)c5ccccc5n6-c5ccc(-c6ccccc6)cc5)c4)cc3)c3cccc4ccccc34)cc2C1(C)C. The fraction of sp³-hybridized carbons (Fsp3) is 0.0645. The summed E-state index contributed by atoms with van der Waals surface area (Å²) in [5.74, 6) is 0. The average molecular weight is 821 g/mol. The van der Waals surface area contributed by atoms with Gasteiger partial charge in [0.2, 0.25) is 0 Å². The first-order chi connectivity index (χ1) is 31.4. The summed E-state index contributed by atoms with van der Waals surface area (Å²) in [6, 6.07) is 75.5. The highest BCUT2D eigenvalue weighted by atomic mass is 15.1. The molecular weight excluding hydrogens is 773 g/mol. The van der Waals surface area contributed by atoms with E-state index in [9.17, 15) is 0 Å². The third kappa shape index (κ3) is 6.94. The van der Waals surface area contributed by atoms with Gasteiger partial charge in [0, 0.05) is 38.6 Å². The van der Waals surface area contributed by atoms with E-state index in [-0.39, 0.29) is 5.41 Å². The van der Waals surface area contributed by atoms with Gasteiger partial charge in [0.1, 0.15) is 0 Å². The van der Waals surface area contributed by atoms with Crippen LogP contribution >= 0.6 is 0 Å². The predicted molar refractivity (Wildman–Crippen MR) is 273 cm³/mol. The first-order valence-corrected chi connectivity index (χ1v) is 22.2. The smallest absolute Gasteiger partial charge is 0.0541 e. The summed E-state index contributed by atoms with van der Waals surface area (Å²) in [7, 11) is 0. The molecule has 10 aromatic rings. The van der Waals surface area contributed by atoms with Crippen molar-refractivity contribution in [3.8, 4) is 39.1 Å². The van der Waals surface area contributed by atoms with Crippen LogP contribution in [-0.2, 0) is 11.8 Å². The number of allylic oxidation sites excluding steroid dienone is 5. The van der Waals surface area contributed by atoms with Crippen molar-refractivity contribution in [3.05, 3.63) is 254 Å². The Hall–Kier alpha value is -7.94. The topological polar surface area (TPSA) is 8.17 Å². The molecule has 0 saturated heterocycles. The number of fused-ring (bicyclic) bond motifs is 5. The van der Waals surface area contributed by atoms with Crippen LogP contribution in [0.15, 0.2) is 243 Å². The Kier molecular flexibility index (Phi) is 9.78. The molecule has 0 bridgehead atoms. The molecule has 0 spiro atoms. The Morgan fingerprint density at radius 3 is 1.89 bits per heavy atom. The summed E-state index contributed by atoms with van der Waals surface area (Å²) in [4.78, 5) is 2.42. The lowest BCUT2D eigenvalue weighted by molar-refractivity contribution is 0.635. The third-order valence-electron chi connectivity index (χ3n) is 13.3. The molecule has 2 nitrogen and oxygen atoms in total. The van der Waals surface area contributed by atoms with E-state index in [0.29, 0.717) is 0 Å². The molecule has 306 valence electrons.